The van der Waals surface area contributed by atoms with E-state index in [2.05, 4.69) is 19.1 Å². The lowest BCUT2D eigenvalue weighted by molar-refractivity contribution is 0.181. The van der Waals surface area contributed by atoms with Crippen molar-refractivity contribution in [2.45, 2.75) is 44.9 Å². The first kappa shape index (κ1) is 15.6. The number of carbonyl (C=O) groups excluding carboxylic acids is 1. The normalized spacial score (nSPS) is 18.4. The highest BCUT2D eigenvalue weighted by Crippen LogP contribution is 2.42. The summed E-state index contributed by atoms with van der Waals surface area (Å²) in [7, 11) is 0. The van der Waals surface area contributed by atoms with Crippen LogP contribution in [0.1, 0.15) is 49.2 Å². The van der Waals surface area contributed by atoms with Crippen LogP contribution in [0.3, 0.4) is 0 Å². The van der Waals surface area contributed by atoms with Crippen LogP contribution in [0, 0.1) is 0 Å². The monoisotopic (exact) mass is 342 g/mol. The lowest BCUT2D eigenvalue weighted by Crippen LogP contribution is -2.23. The largest absolute Gasteiger partial charge is 0.447 e. The van der Waals surface area contributed by atoms with Gasteiger partial charge in [-0.3, -0.25) is 4.90 Å². The summed E-state index contributed by atoms with van der Waals surface area (Å²) in [4.78, 5) is 19.6. The van der Waals surface area contributed by atoms with Crippen molar-refractivity contribution in [2.24, 2.45) is 0 Å². The van der Waals surface area contributed by atoms with Crippen LogP contribution in [-0.4, -0.2) is 24.2 Å². The molecule has 1 aromatic carbocycles. The summed E-state index contributed by atoms with van der Waals surface area (Å²) in [6.45, 7) is 3.27. The molecule has 1 aromatic heterocycles. The van der Waals surface area contributed by atoms with Gasteiger partial charge in [-0.05, 0) is 37.0 Å². The van der Waals surface area contributed by atoms with Gasteiger partial charge < -0.3 is 4.74 Å². The predicted octanol–water partition coefficient (Wildman–Crippen LogP) is 4.99. The number of carbonyl (C=O) groups is 1. The van der Waals surface area contributed by atoms with Crippen molar-refractivity contribution in [3.63, 3.8) is 0 Å². The quantitative estimate of drug-likeness (QED) is 0.786. The molecule has 2 heterocycles. The minimum Gasteiger partial charge on any atom is -0.447 e. The van der Waals surface area contributed by atoms with Gasteiger partial charge in [0.15, 0.2) is 0 Å². The van der Waals surface area contributed by atoms with Gasteiger partial charge in [0, 0.05) is 11.6 Å². The maximum atomic E-state index is 11.7. The molecule has 4 rings (SSSR count). The Morgan fingerprint density at radius 2 is 2.00 bits per heavy atom. The molecular weight excluding hydrogens is 320 g/mol. The van der Waals surface area contributed by atoms with Crippen LogP contribution in [0.25, 0.3) is 10.4 Å². The van der Waals surface area contributed by atoms with Gasteiger partial charge in [-0.15, -0.1) is 11.3 Å². The Bertz CT molecular complexity index is 732. The highest BCUT2D eigenvalue weighted by atomic mass is 32.1. The van der Waals surface area contributed by atoms with Gasteiger partial charge in [0.25, 0.3) is 0 Å². The third-order valence-electron chi connectivity index (χ3n) is 4.94. The highest BCUT2D eigenvalue weighted by molar-refractivity contribution is 7.15. The molecule has 1 saturated heterocycles. The molecular formula is C19H22N2O2S. The Morgan fingerprint density at radius 3 is 2.62 bits per heavy atom. The number of amides is 1. The fraction of sp³-hybridized carbons (Fsp3) is 0.474. The third-order valence-corrected chi connectivity index (χ3v) is 6.21. The number of rotatable bonds is 4. The van der Waals surface area contributed by atoms with Crippen molar-refractivity contribution in [2.75, 3.05) is 18.1 Å². The molecule has 126 valence electrons. The number of benzene rings is 1. The third kappa shape index (κ3) is 2.81. The first-order chi connectivity index (χ1) is 11.8. The maximum absolute atomic E-state index is 11.7. The van der Waals surface area contributed by atoms with Crippen molar-refractivity contribution >= 4 is 23.1 Å². The molecule has 0 N–H and O–H groups in total. The van der Waals surface area contributed by atoms with Crippen LogP contribution in [0.5, 0.6) is 0 Å². The van der Waals surface area contributed by atoms with E-state index in [4.69, 9.17) is 9.72 Å². The number of hydrogen-bond acceptors (Lipinski definition) is 4. The average Bonchev–Trinajstić information content (AvgIpc) is 3.35. The maximum Gasteiger partial charge on any atom is 0.414 e. The highest BCUT2D eigenvalue weighted by Gasteiger charge is 2.26. The van der Waals surface area contributed by atoms with Gasteiger partial charge in [0.2, 0.25) is 0 Å². The zero-order chi connectivity index (χ0) is 16.5. The second-order valence-corrected chi connectivity index (χ2v) is 7.55. The molecule has 0 unspecified atom stereocenters. The van der Waals surface area contributed by atoms with Crippen LogP contribution >= 0.6 is 11.3 Å². The van der Waals surface area contributed by atoms with E-state index in [0.29, 0.717) is 19.1 Å². The van der Waals surface area contributed by atoms with Gasteiger partial charge >= 0.3 is 6.09 Å². The van der Waals surface area contributed by atoms with Gasteiger partial charge in [0.1, 0.15) is 6.61 Å². The van der Waals surface area contributed by atoms with Crippen molar-refractivity contribution in [1.82, 2.24) is 4.98 Å². The molecule has 4 nitrogen and oxygen atoms in total. The molecule has 2 aliphatic rings. The molecule has 1 aliphatic heterocycles. The minimum absolute atomic E-state index is 0.250. The lowest BCUT2D eigenvalue weighted by Gasteiger charge is -2.13. The SMILES string of the molecule is CCc1nc(C2CCCC2)c(-c2ccc(N3CCOC3=O)cc2)s1. The summed E-state index contributed by atoms with van der Waals surface area (Å²) < 4.78 is 5.02. The van der Waals surface area contributed by atoms with E-state index in [0.717, 1.165) is 12.1 Å². The Balaban J connectivity index is 1.65. The zero-order valence-electron chi connectivity index (χ0n) is 14.0. The van der Waals surface area contributed by atoms with E-state index in [1.807, 2.05) is 23.5 Å². The molecule has 1 aliphatic carbocycles. The number of anilines is 1. The number of aromatic nitrogens is 1. The summed E-state index contributed by atoms with van der Waals surface area (Å²) in [5, 5.41) is 1.22. The van der Waals surface area contributed by atoms with Crippen LogP contribution in [0.4, 0.5) is 10.5 Å². The van der Waals surface area contributed by atoms with Crippen LogP contribution in [-0.2, 0) is 11.2 Å². The van der Waals surface area contributed by atoms with Crippen LogP contribution in [0.2, 0.25) is 0 Å². The molecule has 0 atom stereocenters. The molecule has 2 aromatic rings. The molecule has 1 saturated carbocycles. The van der Waals surface area contributed by atoms with Crippen molar-refractivity contribution in [1.29, 1.82) is 0 Å². The fourth-order valence-electron chi connectivity index (χ4n) is 3.63. The molecule has 2 fully saturated rings. The lowest BCUT2D eigenvalue weighted by atomic mass is 10.00. The van der Waals surface area contributed by atoms with E-state index in [-0.39, 0.29) is 6.09 Å². The van der Waals surface area contributed by atoms with E-state index in [1.165, 1.54) is 46.8 Å². The standard InChI is InChI=1S/C19H22N2O2S/c1-2-16-20-17(13-5-3-4-6-13)18(24-16)14-7-9-15(10-8-14)21-11-12-23-19(21)22/h7-10,13H,2-6,11-12H2,1H3. The first-order valence-electron chi connectivity index (χ1n) is 8.80. The van der Waals surface area contributed by atoms with E-state index >= 15 is 0 Å². The number of nitrogens with zero attached hydrogens (tertiary/aromatic N) is 2. The Morgan fingerprint density at radius 1 is 1.25 bits per heavy atom. The predicted molar refractivity (Wildman–Crippen MR) is 96.8 cm³/mol. The average molecular weight is 342 g/mol. The first-order valence-corrected chi connectivity index (χ1v) is 9.62. The number of ether oxygens (including phenoxy) is 1. The topological polar surface area (TPSA) is 42.4 Å². The number of aryl methyl sites for hydroxylation is 1. The van der Waals surface area contributed by atoms with Crippen molar-refractivity contribution in [3.8, 4) is 10.4 Å². The molecule has 0 bridgehead atoms. The van der Waals surface area contributed by atoms with Gasteiger partial charge in [-0.2, -0.15) is 0 Å². The van der Waals surface area contributed by atoms with Crippen molar-refractivity contribution < 1.29 is 9.53 Å². The van der Waals surface area contributed by atoms with Gasteiger partial charge in [0.05, 0.1) is 22.1 Å². The number of cyclic esters (lactones) is 1. The molecule has 0 spiro atoms. The minimum atomic E-state index is -0.250. The summed E-state index contributed by atoms with van der Waals surface area (Å²) >= 11 is 1.82. The van der Waals surface area contributed by atoms with Crippen LogP contribution in [0.15, 0.2) is 24.3 Å². The molecule has 24 heavy (non-hydrogen) atoms. The molecule has 5 heteroatoms. The summed E-state index contributed by atoms with van der Waals surface area (Å²) in [6, 6.07) is 8.27. The summed E-state index contributed by atoms with van der Waals surface area (Å²) in [5.41, 5.74) is 3.41. The zero-order valence-corrected chi connectivity index (χ0v) is 14.8. The Kier molecular flexibility index (Phi) is 4.27. The van der Waals surface area contributed by atoms with E-state index in [9.17, 15) is 4.79 Å². The summed E-state index contributed by atoms with van der Waals surface area (Å²) in [5.74, 6) is 0.616. The van der Waals surface area contributed by atoms with Gasteiger partial charge in [-0.1, -0.05) is 31.9 Å². The smallest absolute Gasteiger partial charge is 0.414 e. The second-order valence-electron chi connectivity index (χ2n) is 6.47. The summed E-state index contributed by atoms with van der Waals surface area (Å²) in [6.07, 6.45) is 5.90. The number of thiazole rings is 1. The Labute approximate surface area is 146 Å². The van der Waals surface area contributed by atoms with Crippen molar-refractivity contribution in [3.05, 3.63) is 35.0 Å². The van der Waals surface area contributed by atoms with Gasteiger partial charge in [-0.25, -0.2) is 9.78 Å². The Hall–Kier alpha value is -1.88. The molecule has 0 radical (unpaired) electrons. The molecule has 1 amide bonds. The van der Waals surface area contributed by atoms with Crippen LogP contribution < -0.4 is 4.90 Å². The van der Waals surface area contributed by atoms with E-state index < -0.39 is 0 Å². The van der Waals surface area contributed by atoms with E-state index in [1.54, 1.807) is 4.90 Å². The number of hydrogen-bond donors (Lipinski definition) is 0. The fourth-order valence-corrected chi connectivity index (χ4v) is 4.73. The second kappa shape index (κ2) is 6.55.